The van der Waals surface area contributed by atoms with Crippen LogP contribution in [0.15, 0.2) is 54.2 Å². The number of fused-ring (bicyclic) bond motifs is 1. The molecule has 0 spiro atoms. The van der Waals surface area contributed by atoms with Gasteiger partial charge in [0.2, 0.25) is 5.67 Å². The highest BCUT2D eigenvalue weighted by molar-refractivity contribution is 5.71. The first-order valence-corrected chi connectivity index (χ1v) is 7.82. The maximum Gasteiger partial charge on any atom is 0.414 e. The van der Waals surface area contributed by atoms with Crippen molar-refractivity contribution in [3.05, 3.63) is 59.8 Å². The summed E-state index contributed by atoms with van der Waals surface area (Å²) in [4.78, 5) is 15.0. The SMILES string of the molecule is CC(C)(C)OC(=O)N1C=C2N(Cc3ccccc3)C=C(O)C2(F)C1. The summed E-state index contributed by atoms with van der Waals surface area (Å²) in [7, 11) is 0. The highest BCUT2D eigenvalue weighted by atomic mass is 19.1. The lowest BCUT2D eigenvalue weighted by molar-refractivity contribution is 0.0296. The Labute approximate surface area is 140 Å². The molecule has 2 aliphatic rings. The lowest BCUT2D eigenvalue weighted by Crippen LogP contribution is -2.38. The van der Waals surface area contributed by atoms with Crippen LogP contribution >= 0.6 is 0 Å². The van der Waals surface area contributed by atoms with E-state index in [1.54, 1.807) is 25.7 Å². The zero-order valence-corrected chi connectivity index (χ0v) is 14.0. The average molecular weight is 332 g/mol. The van der Waals surface area contributed by atoms with Crippen molar-refractivity contribution in [1.82, 2.24) is 9.80 Å². The maximum absolute atomic E-state index is 15.2. The van der Waals surface area contributed by atoms with E-state index in [0.717, 1.165) is 5.56 Å². The molecule has 0 saturated heterocycles. The van der Waals surface area contributed by atoms with Gasteiger partial charge in [0.15, 0.2) is 5.76 Å². The lowest BCUT2D eigenvalue weighted by Gasteiger charge is -2.24. The predicted octanol–water partition coefficient (Wildman–Crippen LogP) is 3.70. The minimum absolute atomic E-state index is 0.245. The molecular formula is C18H21FN2O3. The molecule has 0 fully saturated rings. The smallest absolute Gasteiger partial charge is 0.414 e. The van der Waals surface area contributed by atoms with E-state index in [9.17, 15) is 9.90 Å². The van der Waals surface area contributed by atoms with E-state index in [4.69, 9.17) is 4.74 Å². The van der Waals surface area contributed by atoms with E-state index >= 15 is 4.39 Å². The molecule has 2 heterocycles. The normalized spacial score (nSPS) is 23.0. The molecule has 1 atom stereocenters. The van der Waals surface area contributed by atoms with Crippen molar-refractivity contribution in [1.29, 1.82) is 0 Å². The van der Waals surface area contributed by atoms with Gasteiger partial charge in [-0.3, -0.25) is 4.90 Å². The number of nitrogens with zero attached hydrogens (tertiary/aromatic N) is 2. The number of carbonyl (C=O) groups is 1. The molecule has 24 heavy (non-hydrogen) atoms. The van der Waals surface area contributed by atoms with E-state index in [-0.39, 0.29) is 12.2 Å². The molecule has 128 valence electrons. The number of rotatable bonds is 2. The first-order valence-electron chi connectivity index (χ1n) is 7.82. The number of hydrogen-bond acceptors (Lipinski definition) is 4. The van der Waals surface area contributed by atoms with Crippen molar-refractivity contribution < 1.29 is 19.0 Å². The summed E-state index contributed by atoms with van der Waals surface area (Å²) in [6.45, 7) is 5.37. The Kier molecular flexibility index (Phi) is 3.78. The van der Waals surface area contributed by atoms with Gasteiger partial charge in [-0.15, -0.1) is 0 Å². The van der Waals surface area contributed by atoms with Gasteiger partial charge in [0.25, 0.3) is 0 Å². The van der Waals surface area contributed by atoms with Crippen LogP contribution in [0.3, 0.4) is 0 Å². The van der Waals surface area contributed by atoms with Gasteiger partial charge in [0.1, 0.15) is 5.60 Å². The van der Waals surface area contributed by atoms with Crippen LogP contribution in [0.1, 0.15) is 26.3 Å². The molecule has 6 heteroatoms. The third-order valence-corrected chi connectivity index (χ3v) is 3.89. The van der Waals surface area contributed by atoms with Gasteiger partial charge in [-0.1, -0.05) is 30.3 Å². The lowest BCUT2D eigenvalue weighted by atomic mass is 10.1. The Morgan fingerprint density at radius 1 is 1.29 bits per heavy atom. The Morgan fingerprint density at radius 3 is 2.58 bits per heavy atom. The average Bonchev–Trinajstić information content (AvgIpc) is 2.94. The number of ether oxygens (including phenoxy) is 1. The quantitative estimate of drug-likeness (QED) is 0.897. The van der Waals surface area contributed by atoms with Crippen molar-refractivity contribution in [2.45, 2.75) is 38.6 Å². The van der Waals surface area contributed by atoms with Crippen LogP contribution in [0.5, 0.6) is 0 Å². The molecule has 0 saturated carbocycles. The fourth-order valence-electron chi connectivity index (χ4n) is 2.79. The van der Waals surface area contributed by atoms with E-state index in [1.165, 1.54) is 17.3 Å². The molecule has 0 radical (unpaired) electrons. The maximum atomic E-state index is 15.2. The third kappa shape index (κ3) is 2.96. The van der Waals surface area contributed by atoms with Crippen molar-refractivity contribution in [2.75, 3.05) is 6.54 Å². The topological polar surface area (TPSA) is 53.0 Å². The monoisotopic (exact) mass is 332 g/mol. The van der Waals surface area contributed by atoms with Crippen LogP contribution in [-0.2, 0) is 11.3 Å². The van der Waals surface area contributed by atoms with Crippen LogP contribution in [0, 0.1) is 0 Å². The van der Waals surface area contributed by atoms with Crippen LogP contribution in [0.2, 0.25) is 0 Å². The summed E-state index contributed by atoms with van der Waals surface area (Å²) in [5.74, 6) is -0.393. The van der Waals surface area contributed by atoms with Gasteiger partial charge in [0.05, 0.1) is 12.2 Å². The minimum atomic E-state index is -2.08. The van der Waals surface area contributed by atoms with Crippen molar-refractivity contribution >= 4 is 6.09 Å². The third-order valence-electron chi connectivity index (χ3n) is 3.89. The fraction of sp³-hybridized carbons (Fsp3) is 0.389. The number of alkyl halides is 1. The molecule has 3 rings (SSSR count). The van der Waals surface area contributed by atoms with Gasteiger partial charge in [-0.2, -0.15) is 0 Å². The largest absolute Gasteiger partial charge is 0.507 e. The first-order chi connectivity index (χ1) is 11.2. The van der Waals surface area contributed by atoms with Crippen molar-refractivity contribution in [3.63, 3.8) is 0 Å². The van der Waals surface area contributed by atoms with Crippen LogP contribution in [0.25, 0.3) is 0 Å². The highest BCUT2D eigenvalue weighted by Gasteiger charge is 2.53. The van der Waals surface area contributed by atoms with Gasteiger partial charge in [-0.25, -0.2) is 9.18 Å². The Morgan fingerprint density at radius 2 is 1.96 bits per heavy atom. The molecule has 1 aromatic carbocycles. The van der Waals surface area contributed by atoms with E-state index in [2.05, 4.69) is 0 Å². The molecule has 1 amide bonds. The van der Waals surface area contributed by atoms with Gasteiger partial charge >= 0.3 is 6.09 Å². The molecule has 0 aliphatic carbocycles. The summed E-state index contributed by atoms with van der Waals surface area (Å²) in [6, 6.07) is 9.54. The first kappa shape index (κ1) is 16.4. The number of carbonyl (C=O) groups excluding carboxylic acids is 1. The number of aliphatic hydroxyl groups is 1. The molecule has 1 aromatic rings. The number of benzene rings is 1. The van der Waals surface area contributed by atoms with E-state index in [0.29, 0.717) is 6.54 Å². The molecule has 5 nitrogen and oxygen atoms in total. The summed E-state index contributed by atoms with van der Waals surface area (Å²) in [5, 5.41) is 10.1. The van der Waals surface area contributed by atoms with Crippen LogP contribution in [-0.4, -0.2) is 38.8 Å². The summed E-state index contributed by atoms with van der Waals surface area (Å²) in [5.41, 5.74) is -1.53. The van der Waals surface area contributed by atoms with E-state index < -0.39 is 23.1 Å². The van der Waals surface area contributed by atoms with Gasteiger partial charge in [0, 0.05) is 18.9 Å². The molecule has 0 bridgehead atoms. The Bertz CT molecular complexity index is 709. The number of aliphatic hydroxyl groups excluding tert-OH is 1. The minimum Gasteiger partial charge on any atom is -0.507 e. The second-order valence-electron chi connectivity index (χ2n) is 7.05. The fourth-order valence-corrected chi connectivity index (χ4v) is 2.79. The molecule has 1 N–H and O–H groups in total. The van der Waals surface area contributed by atoms with Crippen molar-refractivity contribution in [3.8, 4) is 0 Å². The van der Waals surface area contributed by atoms with Crippen LogP contribution < -0.4 is 0 Å². The number of halogens is 1. The number of hydrogen-bond donors (Lipinski definition) is 1. The summed E-state index contributed by atoms with van der Waals surface area (Å²) in [6.07, 6.45) is 2.16. The zero-order chi connectivity index (χ0) is 17.5. The number of amides is 1. The Hall–Kier alpha value is -2.50. The van der Waals surface area contributed by atoms with Crippen LogP contribution in [0.4, 0.5) is 9.18 Å². The predicted molar refractivity (Wildman–Crippen MR) is 87.6 cm³/mol. The van der Waals surface area contributed by atoms with Gasteiger partial charge in [-0.05, 0) is 26.3 Å². The standard InChI is InChI=1S/C18H21FN2O3/c1-17(2,3)24-16(23)21-10-14-18(19,12-21)15(22)11-20(14)9-13-7-5-4-6-8-13/h4-8,10-11,22H,9,12H2,1-3H3. The summed E-state index contributed by atoms with van der Waals surface area (Å²) >= 11 is 0. The second kappa shape index (κ2) is 5.54. The van der Waals surface area contributed by atoms with Crippen molar-refractivity contribution in [2.24, 2.45) is 0 Å². The molecule has 2 aliphatic heterocycles. The summed E-state index contributed by atoms with van der Waals surface area (Å²) < 4.78 is 20.5. The highest BCUT2D eigenvalue weighted by Crippen LogP contribution is 2.43. The zero-order valence-electron chi connectivity index (χ0n) is 14.0. The molecule has 1 unspecified atom stereocenters. The Balaban J connectivity index is 1.82. The molecular weight excluding hydrogens is 311 g/mol. The molecule has 0 aromatic heterocycles. The van der Waals surface area contributed by atoms with Gasteiger partial charge < -0.3 is 14.7 Å². The second-order valence-corrected chi connectivity index (χ2v) is 7.05. The van der Waals surface area contributed by atoms with E-state index in [1.807, 2.05) is 30.3 Å².